The molecule has 0 bridgehead atoms. The zero-order valence-corrected chi connectivity index (χ0v) is 17.1. The molecule has 0 amide bonds. The molecule has 0 atom stereocenters. The molecule has 1 aliphatic heterocycles. The lowest BCUT2D eigenvalue weighted by Crippen LogP contribution is -2.49. The third-order valence-electron chi connectivity index (χ3n) is 5.14. The molecule has 0 N–H and O–H groups in total. The van der Waals surface area contributed by atoms with Gasteiger partial charge < -0.3 is 9.42 Å². The lowest BCUT2D eigenvalue weighted by atomic mass is 10.1. The van der Waals surface area contributed by atoms with Crippen LogP contribution in [0.4, 0.5) is 10.1 Å². The second-order valence-electron chi connectivity index (χ2n) is 7.16. The molecule has 1 aliphatic rings. The molecule has 6 nitrogen and oxygen atoms in total. The summed E-state index contributed by atoms with van der Waals surface area (Å²) in [7, 11) is -3.64. The molecule has 3 aromatic rings. The van der Waals surface area contributed by atoms with Crippen molar-refractivity contribution in [3.8, 4) is 11.3 Å². The molecule has 0 spiro atoms. The number of hydrogen-bond acceptors (Lipinski definition) is 5. The number of rotatable bonds is 4. The summed E-state index contributed by atoms with van der Waals surface area (Å²) in [4.78, 5) is 2.15. The molecule has 152 valence electrons. The van der Waals surface area contributed by atoms with E-state index in [0.717, 1.165) is 11.3 Å². The Hall–Kier alpha value is -2.71. The molecule has 4 rings (SSSR count). The standard InChI is InChI=1S/C21H22FN3O3S/c1-15-13-17(20-14-16(2)23-28-20)7-8-21(15)29(26,27)25-11-9-24(10-12-25)19-6-4-3-5-18(19)22/h3-8,13-14H,9-12H2,1-2H3. The van der Waals surface area contributed by atoms with Crippen molar-refractivity contribution in [1.82, 2.24) is 9.46 Å². The van der Waals surface area contributed by atoms with Crippen LogP contribution in [0.15, 0.2) is 57.9 Å². The summed E-state index contributed by atoms with van der Waals surface area (Å²) in [6, 6.07) is 13.5. The molecule has 0 unspecified atom stereocenters. The fourth-order valence-electron chi connectivity index (χ4n) is 3.61. The van der Waals surface area contributed by atoms with E-state index in [4.69, 9.17) is 4.52 Å². The smallest absolute Gasteiger partial charge is 0.243 e. The van der Waals surface area contributed by atoms with Crippen LogP contribution in [0.5, 0.6) is 0 Å². The first kappa shape index (κ1) is 19.6. The molecule has 0 aliphatic carbocycles. The van der Waals surface area contributed by atoms with E-state index in [1.807, 2.05) is 17.9 Å². The van der Waals surface area contributed by atoms with Crippen LogP contribution in [-0.2, 0) is 10.0 Å². The van der Waals surface area contributed by atoms with E-state index in [0.29, 0.717) is 43.2 Å². The van der Waals surface area contributed by atoms with Crippen molar-refractivity contribution in [1.29, 1.82) is 0 Å². The third-order valence-corrected chi connectivity index (χ3v) is 7.20. The first-order valence-corrected chi connectivity index (χ1v) is 10.8. The van der Waals surface area contributed by atoms with Crippen LogP contribution in [0.1, 0.15) is 11.3 Å². The Morgan fingerprint density at radius 3 is 2.34 bits per heavy atom. The summed E-state index contributed by atoms with van der Waals surface area (Å²) in [5.41, 5.74) is 2.70. The van der Waals surface area contributed by atoms with E-state index in [9.17, 15) is 12.8 Å². The number of piperazine rings is 1. The number of hydrogen-bond donors (Lipinski definition) is 0. The Labute approximate surface area is 169 Å². The van der Waals surface area contributed by atoms with Gasteiger partial charge in [0.15, 0.2) is 5.76 Å². The lowest BCUT2D eigenvalue weighted by molar-refractivity contribution is 0.383. The number of halogens is 1. The van der Waals surface area contributed by atoms with E-state index in [1.54, 1.807) is 43.3 Å². The molecule has 2 heterocycles. The molecule has 8 heteroatoms. The second kappa shape index (κ2) is 7.61. The van der Waals surface area contributed by atoms with Crippen LogP contribution in [-0.4, -0.2) is 44.1 Å². The van der Waals surface area contributed by atoms with Crippen LogP contribution < -0.4 is 4.90 Å². The second-order valence-corrected chi connectivity index (χ2v) is 9.06. The largest absolute Gasteiger partial charge is 0.367 e. The first-order chi connectivity index (χ1) is 13.9. The maximum Gasteiger partial charge on any atom is 0.243 e. The monoisotopic (exact) mass is 415 g/mol. The minimum atomic E-state index is -3.64. The van der Waals surface area contributed by atoms with Gasteiger partial charge in [-0.3, -0.25) is 0 Å². The molecule has 2 aromatic carbocycles. The van der Waals surface area contributed by atoms with Crippen LogP contribution in [0.2, 0.25) is 0 Å². The van der Waals surface area contributed by atoms with Gasteiger partial charge in [-0.25, -0.2) is 12.8 Å². The van der Waals surface area contributed by atoms with Gasteiger partial charge in [0.25, 0.3) is 0 Å². The number of aryl methyl sites for hydroxylation is 2. The van der Waals surface area contributed by atoms with Crippen molar-refractivity contribution in [2.24, 2.45) is 0 Å². The highest BCUT2D eigenvalue weighted by Gasteiger charge is 2.30. The average Bonchev–Trinajstić information content (AvgIpc) is 3.14. The van der Waals surface area contributed by atoms with Gasteiger partial charge in [0, 0.05) is 37.8 Å². The molecular formula is C21H22FN3O3S. The zero-order chi connectivity index (χ0) is 20.6. The van der Waals surface area contributed by atoms with Crippen LogP contribution >= 0.6 is 0 Å². The fourth-order valence-corrected chi connectivity index (χ4v) is 5.24. The van der Waals surface area contributed by atoms with E-state index >= 15 is 0 Å². The Morgan fingerprint density at radius 1 is 1.00 bits per heavy atom. The SMILES string of the molecule is Cc1cc(-c2ccc(S(=O)(=O)N3CCN(c4ccccc4F)CC3)c(C)c2)on1. The van der Waals surface area contributed by atoms with Gasteiger partial charge in [-0.05, 0) is 49.7 Å². The Kier molecular flexibility index (Phi) is 5.14. The number of nitrogens with zero attached hydrogens (tertiary/aromatic N) is 3. The van der Waals surface area contributed by atoms with Gasteiger partial charge in [0.1, 0.15) is 5.82 Å². The fraction of sp³-hybridized carbons (Fsp3) is 0.286. The maximum atomic E-state index is 14.0. The highest BCUT2D eigenvalue weighted by molar-refractivity contribution is 7.89. The third kappa shape index (κ3) is 3.77. The van der Waals surface area contributed by atoms with Crippen molar-refractivity contribution in [3.05, 3.63) is 65.6 Å². The van der Waals surface area contributed by atoms with Crippen molar-refractivity contribution >= 4 is 15.7 Å². The van der Waals surface area contributed by atoms with Crippen LogP contribution in [0.3, 0.4) is 0 Å². The Balaban J connectivity index is 1.53. The molecular weight excluding hydrogens is 393 g/mol. The molecule has 1 saturated heterocycles. The van der Waals surface area contributed by atoms with Crippen LogP contribution in [0, 0.1) is 19.7 Å². The lowest BCUT2D eigenvalue weighted by Gasteiger charge is -2.35. The summed E-state index contributed by atoms with van der Waals surface area (Å²) >= 11 is 0. The maximum absolute atomic E-state index is 14.0. The van der Waals surface area contributed by atoms with Crippen LogP contribution in [0.25, 0.3) is 11.3 Å². The van der Waals surface area contributed by atoms with Gasteiger partial charge in [-0.15, -0.1) is 0 Å². The van der Waals surface area contributed by atoms with E-state index in [-0.39, 0.29) is 10.7 Å². The molecule has 1 aromatic heterocycles. The summed E-state index contributed by atoms with van der Waals surface area (Å²) in [6.07, 6.45) is 0. The van der Waals surface area contributed by atoms with E-state index < -0.39 is 10.0 Å². The summed E-state index contributed by atoms with van der Waals surface area (Å²) < 4.78 is 47.1. The minimum Gasteiger partial charge on any atom is -0.367 e. The predicted octanol–water partition coefficient (Wildman–Crippen LogP) is 3.61. The van der Waals surface area contributed by atoms with Gasteiger partial charge >= 0.3 is 0 Å². The molecule has 0 radical (unpaired) electrons. The predicted molar refractivity (Wildman–Crippen MR) is 109 cm³/mol. The normalized spacial score (nSPS) is 15.6. The number of benzene rings is 2. The Bertz CT molecular complexity index is 1140. The first-order valence-electron chi connectivity index (χ1n) is 9.40. The Morgan fingerprint density at radius 2 is 1.72 bits per heavy atom. The summed E-state index contributed by atoms with van der Waals surface area (Å²) in [6.45, 7) is 5.09. The van der Waals surface area contributed by atoms with Gasteiger partial charge in [0.2, 0.25) is 10.0 Å². The summed E-state index contributed by atoms with van der Waals surface area (Å²) in [5, 5.41) is 3.87. The van der Waals surface area contributed by atoms with Crippen molar-refractivity contribution in [2.75, 3.05) is 31.1 Å². The van der Waals surface area contributed by atoms with Crippen molar-refractivity contribution in [3.63, 3.8) is 0 Å². The van der Waals surface area contributed by atoms with Gasteiger partial charge in [0.05, 0.1) is 16.3 Å². The average molecular weight is 415 g/mol. The highest BCUT2D eigenvalue weighted by Crippen LogP contribution is 2.28. The van der Waals surface area contributed by atoms with Gasteiger partial charge in [-0.2, -0.15) is 4.31 Å². The molecule has 1 fully saturated rings. The van der Waals surface area contributed by atoms with E-state index in [1.165, 1.54) is 10.4 Å². The van der Waals surface area contributed by atoms with E-state index in [2.05, 4.69) is 5.16 Å². The van der Waals surface area contributed by atoms with Crippen molar-refractivity contribution in [2.45, 2.75) is 18.7 Å². The number of para-hydroxylation sites is 1. The number of anilines is 1. The summed E-state index contributed by atoms with van der Waals surface area (Å²) in [5.74, 6) is 0.311. The quantitative estimate of drug-likeness (QED) is 0.651. The van der Waals surface area contributed by atoms with Gasteiger partial charge in [-0.1, -0.05) is 17.3 Å². The molecule has 0 saturated carbocycles. The number of aromatic nitrogens is 1. The minimum absolute atomic E-state index is 0.275. The zero-order valence-electron chi connectivity index (χ0n) is 16.3. The highest BCUT2D eigenvalue weighted by atomic mass is 32.2. The van der Waals surface area contributed by atoms with Crippen molar-refractivity contribution < 1.29 is 17.3 Å². The molecule has 29 heavy (non-hydrogen) atoms. The number of sulfonamides is 1. The topological polar surface area (TPSA) is 66.7 Å².